The van der Waals surface area contributed by atoms with E-state index in [2.05, 4.69) is 57.9 Å². The minimum absolute atomic E-state index is 0.0518. The number of rotatable bonds is 7. The summed E-state index contributed by atoms with van der Waals surface area (Å²) in [6.45, 7) is 8.51. The van der Waals surface area contributed by atoms with Crippen molar-refractivity contribution in [2.24, 2.45) is 0 Å². The maximum Gasteiger partial charge on any atom is 0.137 e. The average Bonchev–Trinajstić information content (AvgIpc) is 2.70. The van der Waals surface area contributed by atoms with Gasteiger partial charge in [-0.2, -0.15) is 0 Å². The van der Waals surface area contributed by atoms with Gasteiger partial charge in [0.25, 0.3) is 0 Å². The number of ether oxygens (including phenoxy) is 1. The summed E-state index contributed by atoms with van der Waals surface area (Å²) in [6, 6.07) is 10.8. The lowest BCUT2D eigenvalue weighted by molar-refractivity contribution is 0.0389. The van der Waals surface area contributed by atoms with E-state index in [9.17, 15) is 0 Å². The zero-order chi connectivity index (χ0) is 19.3. The van der Waals surface area contributed by atoms with Gasteiger partial charge >= 0.3 is 0 Å². The molecule has 0 spiro atoms. The van der Waals surface area contributed by atoms with Crippen molar-refractivity contribution >= 4 is 17.4 Å². The lowest BCUT2D eigenvalue weighted by Crippen LogP contribution is -2.54. The number of benzene rings is 1. The van der Waals surface area contributed by atoms with Crippen LogP contribution >= 0.6 is 11.6 Å². The van der Waals surface area contributed by atoms with Gasteiger partial charge in [-0.1, -0.05) is 48.9 Å². The van der Waals surface area contributed by atoms with Crippen LogP contribution in [0, 0.1) is 6.92 Å². The fourth-order valence-corrected chi connectivity index (χ4v) is 3.72. The van der Waals surface area contributed by atoms with Gasteiger partial charge < -0.3 is 15.4 Å². The summed E-state index contributed by atoms with van der Waals surface area (Å²) >= 11 is 6.29. The zero-order valence-corrected chi connectivity index (χ0v) is 17.1. The standard InChI is InChI=1S/C21H29ClN4O/c1-4-18-24-19(22)15(2)20(25-18)23-14-21(10-12-27-13-11-21)26-16(3)17-8-6-5-7-9-17/h5-9,16,26H,4,10-14H2,1-3H3,(H,23,24,25). The molecule has 2 aromatic rings. The zero-order valence-electron chi connectivity index (χ0n) is 16.4. The van der Waals surface area contributed by atoms with Gasteiger partial charge in [-0.15, -0.1) is 0 Å². The molecule has 1 unspecified atom stereocenters. The second-order valence-electron chi connectivity index (χ2n) is 7.28. The summed E-state index contributed by atoms with van der Waals surface area (Å²) < 4.78 is 5.63. The quantitative estimate of drug-likeness (QED) is 0.692. The predicted octanol–water partition coefficient (Wildman–Crippen LogP) is 4.31. The molecule has 6 heteroatoms. The Morgan fingerprint density at radius 1 is 1.19 bits per heavy atom. The number of hydrogen-bond acceptors (Lipinski definition) is 5. The Kier molecular flexibility index (Phi) is 6.68. The second kappa shape index (κ2) is 9.00. The van der Waals surface area contributed by atoms with Gasteiger partial charge in [-0.05, 0) is 32.3 Å². The Balaban J connectivity index is 1.76. The molecule has 0 radical (unpaired) electrons. The van der Waals surface area contributed by atoms with E-state index in [1.165, 1.54) is 5.56 Å². The minimum Gasteiger partial charge on any atom is -0.381 e. The van der Waals surface area contributed by atoms with Crippen LogP contribution in [0.1, 0.15) is 49.7 Å². The van der Waals surface area contributed by atoms with E-state index in [1.54, 1.807) is 0 Å². The molecule has 1 fully saturated rings. The SMILES string of the molecule is CCc1nc(Cl)c(C)c(NCC2(NC(C)c3ccccc3)CCOCC2)n1. The van der Waals surface area contributed by atoms with Crippen molar-refractivity contribution in [1.29, 1.82) is 0 Å². The molecule has 1 aromatic heterocycles. The molecule has 0 aliphatic carbocycles. The predicted molar refractivity (Wildman–Crippen MR) is 110 cm³/mol. The summed E-state index contributed by atoms with van der Waals surface area (Å²) in [5, 5.41) is 7.93. The average molecular weight is 389 g/mol. The van der Waals surface area contributed by atoms with E-state index in [0.29, 0.717) is 5.15 Å². The van der Waals surface area contributed by atoms with E-state index in [4.69, 9.17) is 16.3 Å². The molecule has 1 aliphatic rings. The van der Waals surface area contributed by atoms with Crippen molar-refractivity contribution in [2.75, 3.05) is 25.1 Å². The van der Waals surface area contributed by atoms with Crippen LogP contribution in [0.15, 0.2) is 30.3 Å². The molecule has 1 aliphatic heterocycles. The van der Waals surface area contributed by atoms with Crippen molar-refractivity contribution in [3.8, 4) is 0 Å². The van der Waals surface area contributed by atoms with Crippen LogP contribution < -0.4 is 10.6 Å². The van der Waals surface area contributed by atoms with Crippen LogP contribution in [0.5, 0.6) is 0 Å². The van der Waals surface area contributed by atoms with Crippen LogP contribution in [0.25, 0.3) is 0 Å². The smallest absolute Gasteiger partial charge is 0.137 e. The molecule has 0 amide bonds. The Bertz CT molecular complexity index is 747. The van der Waals surface area contributed by atoms with Gasteiger partial charge in [0.05, 0.1) is 0 Å². The molecule has 27 heavy (non-hydrogen) atoms. The van der Waals surface area contributed by atoms with Crippen LogP contribution in [-0.4, -0.2) is 35.3 Å². The van der Waals surface area contributed by atoms with Gasteiger partial charge in [0, 0.05) is 43.3 Å². The molecule has 146 valence electrons. The molecule has 5 nitrogen and oxygen atoms in total. The van der Waals surface area contributed by atoms with E-state index in [0.717, 1.165) is 56.2 Å². The van der Waals surface area contributed by atoms with Gasteiger partial charge in [0.15, 0.2) is 0 Å². The Morgan fingerprint density at radius 2 is 1.89 bits per heavy atom. The number of aromatic nitrogens is 2. The molecule has 1 aromatic carbocycles. The number of halogens is 1. The lowest BCUT2D eigenvalue weighted by Gasteiger charge is -2.41. The van der Waals surface area contributed by atoms with E-state index >= 15 is 0 Å². The molecule has 2 heterocycles. The third-order valence-electron chi connectivity index (χ3n) is 5.32. The number of aryl methyl sites for hydroxylation is 1. The van der Waals surface area contributed by atoms with E-state index in [-0.39, 0.29) is 11.6 Å². The van der Waals surface area contributed by atoms with Crippen molar-refractivity contribution in [3.63, 3.8) is 0 Å². The fourth-order valence-electron chi connectivity index (χ4n) is 3.53. The summed E-state index contributed by atoms with van der Waals surface area (Å²) in [4.78, 5) is 8.97. The summed E-state index contributed by atoms with van der Waals surface area (Å²) in [7, 11) is 0. The largest absolute Gasteiger partial charge is 0.381 e. The first-order chi connectivity index (χ1) is 13.0. The summed E-state index contributed by atoms with van der Waals surface area (Å²) in [5.41, 5.74) is 2.13. The van der Waals surface area contributed by atoms with Crippen LogP contribution in [0.2, 0.25) is 5.15 Å². The van der Waals surface area contributed by atoms with Crippen molar-refractivity contribution in [3.05, 3.63) is 52.4 Å². The molecule has 3 rings (SSSR count). The Labute approximate surface area is 166 Å². The molecule has 1 atom stereocenters. The Morgan fingerprint density at radius 3 is 2.56 bits per heavy atom. The first-order valence-electron chi connectivity index (χ1n) is 9.70. The Hall–Kier alpha value is -1.69. The van der Waals surface area contributed by atoms with Gasteiger partial charge in [-0.3, -0.25) is 0 Å². The summed E-state index contributed by atoms with van der Waals surface area (Å²) in [5.74, 6) is 1.59. The molecule has 1 saturated heterocycles. The van der Waals surface area contributed by atoms with Gasteiger partial charge in [0.1, 0.15) is 16.8 Å². The number of anilines is 1. The monoisotopic (exact) mass is 388 g/mol. The maximum absolute atomic E-state index is 6.29. The number of nitrogens with one attached hydrogen (secondary N) is 2. The molecule has 0 bridgehead atoms. The highest BCUT2D eigenvalue weighted by molar-refractivity contribution is 6.30. The minimum atomic E-state index is -0.0518. The number of hydrogen-bond donors (Lipinski definition) is 2. The van der Waals surface area contributed by atoms with Crippen LogP contribution in [-0.2, 0) is 11.2 Å². The highest BCUT2D eigenvalue weighted by Crippen LogP contribution is 2.27. The third kappa shape index (κ3) is 4.98. The molecular weight excluding hydrogens is 360 g/mol. The first kappa shape index (κ1) is 20.1. The van der Waals surface area contributed by atoms with E-state index < -0.39 is 0 Å². The fraction of sp³-hybridized carbons (Fsp3) is 0.524. The van der Waals surface area contributed by atoms with Crippen LogP contribution in [0.4, 0.5) is 5.82 Å². The lowest BCUT2D eigenvalue weighted by atomic mass is 9.88. The number of nitrogens with zero attached hydrogens (tertiary/aromatic N) is 2. The second-order valence-corrected chi connectivity index (χ2v) is 7.64. The first-order valence-corrected chi connectivity index (χ1v) is 10.1. The van der Waals surface area contributed by atoms with Gasteiger partial charge in [0.2, 0.25) is 0 Å². The topological polar surface area (TPSA) is 59.1 Å². The highest BCUT2D eigenvalue weighted by atomic mass is 35.5. The summed E-state index contributed by atoms with van der Waals surface area (Å²) in [6.07, 6.45) is 2.67. The highest BCUT2D eigenvalue weighted by Gasteiger charge is 2.34. The van der Waals surface area contributed by atoms with E-state index in [1.807, 2.05) is 13.8 Å². The maximum atomic E-state index is 6.29. The van der Waals surface area contributed by atoms with Gasteiger partial charge in [-0.25, -0.2) is 9.97 Å². The third-order valence-corrected chi connectivity index (χ3v) is 5.68. The molecular formula is C21H29ClN4O. The van der Waals surface area contributed by atoms with Crippen LogP contribution in [0.3, 0.4) is 0 Å². The van der Waals surface area contributed by atoms with Crippen molar-refractivity contribution in [2.45, 2.75) is 51.6 Å². The van der Waals surface area contributed by atoms with Crippen molar-refractivity contribution in [1.82, 2.24) is 15.3 Å². The van der Waals surface area contributed by atoms with Crippen molar-refractivity contribution < 1.29 is 4.74 Å². The molecule has 0 saturated carbocycles. The molecule has 2 N–H and O–H groups in total. The normalized spacial score (nSPS) is 17.5.